The van der Waals surface area contributed by atoms with E-state index < -0.39 is 0 Å². The van der Waals surface area contributed by atoms with Crippen molar-refractivity contribution in [3.05, 3.63) is 29.6 Å². The smallest absolute Gasteiger partial charge is 0.120 e. The first kappa shape index (κ1) is 9.90. The second-order valence-electron chi connectivity index (χ2n) is 3.75. The van der Waals surface area contributed by atoms with E-state index in [1.165, 1.54) is 5.56 Å². The number of rotatable bonds is 3. The summed E-state index contributed by atoms with van der Waals surface area (Å²) >= 11 is 0. The molecule has 0 saturated carbocycles. The molecule has 0 aliphatic carbocycles. The molecule has 0 N–H and O–H groups in total. The monoisotopic (exact) mass is 202 g/mol. The fraction of sp³-hybridized carbons (Fsp3) is 0.333. The molecule has 0 saturated heterocycles. The van der Waals surface area contributed by atoms with Gasteiger partial charge in [0.1, 0.15) is 12.1 Å². The standard InChI is InChI=1S/C12H14N2O/c1-9-13-11-6-5-10(4-3-7-15)8-12(11)14(9)2/h5-8H,3-4H2,1-2H3. The topological polar surface area (TPSA) is 34.9 Å². The Kier molecular flexibility index (Phi) is 2.54. The van der Waals surface area contributed by atoms with Crippen molar-refractivity contribution in [1.29, 1.82) is 0 Å². The summed E-state index contributed by atoms with van der Waals surface area (Å²) in [6.07, 6.45) is 2.35. The second kappa shape index (κ2) is 3.85. The van der Waals surface area contributed by atoms with Crippen LogP contribution in [0.3, 0.4) is 0 Å². The number of hydrogen-bond acceptors (Lipinski definition) is 2. The Bertz CT molecular complexity index is 500. The van der Waals surface area contributed by atoms with Gasteiger partial charge in [0, 0.05) is 13.5 Å². The van der Waals surface area contributed by atoms with Gasteiger partial charge in [-0.3, -0.25) is 0 Å². The molecule has 0 bridgehead atoms. The Morgan fingerprint density at radius 2 is 2.27 bits per heavy atom. The first-order valence-corrected chi connectivity index (χ1v) is 5.08. The van der Waals surface area contributed by atoms with Crippen LogP contribution in [0, 0.1) is 6.92 Å². The lowest BCUT2D eigenvalue weighted by molar-refractivity contribution is -0.107. The lowest BCUT2D eigenvalue weighted by Gasteiger charge is -2.00. The molecule has 15 heavy (non-hydrogen) atoms. The van der Waals surface area contributed by atoms with Crippen LogP contribution >= 0.6 is 0 Å². The van der Waals surface area contributed by atoms with Crippen molar-refractivity contribution >= 4 is 17.3 Å². The molecule has 0 atom stereocenters. The molecule has 0 fully saturated rings. The van der Waals surface area contributed by atoms with Gasteiger partial charge in [0.05, 0.1) is 11.0 Å². The number of nitrogens with zero attached hydrogens (tertiary/aromatic N) is 2. The molecule has 2 rings (SSSR count). The number of aldehydes is 1. The van der Waals surface area contributed by atoms with E-state index >= 15 is 0 Å². The molecule has 78 valence electrons. The number of fused-ring (bicyclic) bond motifs is 1. The minimum atomic E-state index is 0.586. The Morgan fingerprint density at radius 1 is 1.47 bits per heavy atom. The zero-order chi connectivity index (χ0) is 10.8. The quantitative estimate of drug-likeness (QED) is 0.714. The van der Waals surface area contributed by atoms with Gasteiger partial charge in [-0.05, 0) is 31.0 Å². The molecular formula is C12H14N2O. The maximum atomic E-state index is 10.3. The Balaban J connectivity index is 2.45. The molecule has 0 spiro atoms. The number of benzene rings is 1. The minimum Gasteiger partial charge on any atom is -0.331 e. The third kappa shape index (κ3) is 1.77. The molecule has 0 amide bonds. The van der Waals surface area contributed by atoms with Gasteiger partial charge in [0.25, 0.3) is 0 Å². The van der Waals surface area contributed by atoms with E-state index in [0.717, 1.165) is 29.6 Å². The van der Waals surface area contributed by atoms with E-state index in [1.54, 1.807) is 0 Å². The Morgan fingerprint density at radius 3 is 3.00 bits per heavy atom. The molecule has 1 heterocycles. The summed E-state index contributed by atoms with van der Waals surface area (Å²) in [5.74, 6) is 1.01. The van der Waals surface area contributed by atoms with Gasteiger partial charge in [0.2, 0.25) is 0 Å². The molecule has 0 aliphatic heterocycles. The van der Waals surface area contributed by atoms with Crippen LogP contribution in [0.15, 0.2) is 18.2 Å². The molecule has 0 radical (unpaired) electrons. The molecule has 0 aliphatic rings. The molecule has 0 unspecified atom stereocenters. The predicted molar refractivity (Wildman–Crippen MR) is 59.8 cm³/mol. The van der Waals surface area contributed by atoms with Crippen molar-refractivity contribution < 1.29 is 4.79 Å². The fourth-order valence-electron chi connectivity index (χ4n) is 1.74. The van der Waals surface area contributed by atoms with E-state index in [4.69, 9.17) is 0 Å². The first-order valence-electron chi connectivity index (χ1n) is 5.08. The number of aromatic nitrogens is 2. The summed E-state index contributed by atoms with van der Waals surface area (Å²) in [6, 6.07) is 6.17. The van der Waals surface area contributed by atoms with Gasteiger partial charge in [-0.1, -0.05) is 6.07 Å². The largest absolute Gasteiger partial charge is 0.331 e. The van der Waals surface area contributed by atoms with Gasteiger partial charge in [-0.2, -0.15) is 0 Å². The van der Waals surface area contributed by atoms with Gasteiger partial charge >= 0.3 is 0 Å². The first-order chi connectivity index (χ1) is 7.22. The van der Waals surface area contributed by atoms with E-state index in [1.807, 2.05) is 26.1 Å². The van der Waals surface area contributed by atoms with E-state index in [0.29, 0.717) is 6.42 Å². The second-order valence-corrected chi connectivity index (χ2v) is 3.75. The van der Waals surface area contributed by atoms with Gasteiger partial charge < -0.3 is 9.36 Å². The van der Waals surface area contributed by atoms with Crippen molar-refractivity contribution in [2.45, 2.75) is 19.8 Å². The maximum Gasteiger partial charge on any atom is 0.120 e. The number of imidazole rings is 1. The highest BCUT2D eigenvalue weighted by Crippen LogP contribution is 2.17. The third-order valence-electron chi connectivity index (χ3n) is 2.72. The van der Waals surface area contributed by atoms with E-state index in [-0.39, 0.29) is 0 Å². The summed E-state index contributed by atoms with van der Waals surface area (Å²) in [5, 5.41) is 0. The Hall–Kier alpha value is -1.64. The summed E-state index contributed by atoms with van der Waals surface area (Å²) in [5.41, 5.74) is 3.35. The van der Waals surface area contributed by atoms with Gasteiger partial charge in [-0.15, -0.1) is 0 Å². The van der Waals surface area contributed by atoms with E-state index in [2.05, 4.69) is 15.6 Å². The normalized spacial score (nSPS) is 10.8. The molecule has 2 aromatic rings. The lowest BCUT2D eigenvalue weighted by Crippen LogP contribution is -1.91. The van der Waals surface area contributed by atoms with Crippen LogP contribution in [0.5, 0.6) is 0 Å². The van der Waals surface area contributed by atoms with Crippen LogP contribution < -0.4 is 0 Å². The third-order valence-corrected chi connectivity index (χ3v) is 2.72. The van der Waals surface area contributed by atoms with Crippen LogP contribution in [0.4, 0.5) is 0 Å². The van der Waals surface area contributed by atoms with Crippen LogP contribution in [0.1, 0.15) is 17.8 Å². The van der Waals surface area contributed by atoms with E-state index in [9.17, 15) is 4.79 Å². The highest BCUT2D eigenvalue weighted by molar-refractivity contribution is 5.76. The van der Waals surface area contributed by atoms with Gasteiger partial charge in [0.15, 0.2) is 0 Å². The summed E-state index contributed by atoms with van der Waals surface area (Å²) < 4.78 is 2.07. The zero-order valence-corrected chi connectivity index (χ0v) is 9.03. The summed E-state index contributed by atoms with van der Waals surface area (Å²) in [4.78, 5) is 14.7. The van der Waals surface area contributed by atoms with Crippen molar-refractivity contribution in [3.8, 4) is 0 Å². The van der Waals surface area contributed by atoms with Crippen molar-refractivity contribution in [3.63, 3.8) is 0 Å². The Labute approximate surface area is 88.7 Å². The maximum absolute atomic E-state index is 10.3. The molecule has 3 nitrogen and oxygen atoms in total. The molecule has 3 heteroatoms. The lowest BCUT2D eigenvalue weighted by atomic mass is 10.1. The molecular weight excluding hydrogens is 188 g/mol. The van der Waals surface area contributed by atoms with Crippen molar-refractivity contribution in [1.82, 2.24) is 9.55 Å². The van der Waals surface area contributed by atoms with Crippen molar-refractivity contribution in [2.24, 2.45) is 7.05 Å². The van der Waals surface area contributed by atoms with Gasteiger partial charge in [-0.25, -0.2) is 4.98 Å². The highest BCUT2D eigenvalue weighted by atomic mass is 16.1. The molecule has 1 aromatic heterocycles. The number of carbonyl (C=O) groups excluding carboxylic acids is 1. The summed E-state index contributed by atoms with van der Waals surface area (Å²) in [7, 11) is 2.01. The summed E-state index contributed by atoms with van der Waals surface area (Å²) in [6.45, 7) is 1.99. The number of carbonyl (C=O) groups is 1. The number of hydrogen-bond donors (Lipinski definition) is 0. The number of aryl methyl sites for hydroxylation is 3. The fourth-order valence-corrected chi connectivity index (χ4v) is 1.74. The average Bonchev–Trinajstić information content (AvgIpc) is 2.52. The SMILES string of the molecule is Cc1nc2ccc(CCC=O)cc2n1C. The van der Waals surface area contributed by atoms with Crippen LogP contribution in [-0.4, -0.2) is 15.8 Å². The van der Waals surface area contributed by atoms with Crippen LogP contribution in [-0.2, 0) is 18.3 Å². The van der Waals surface area contributed by atoms with Crippen LogP contribution in [0.25, 0.3) is 11.0 Å². The van der Waals surface area contributed by atoms with Crippen LogP contribution in [0.2, 0.25) is 0 Å². The zero-order valence-electron chi connectivity index (χ0n) is 9.03. The molecule has 1 aromatic carbocycles. The highest BCUT2D eigenvalue weighted by Gasteiger charge is 2.04. The minimum absolute atomic E-state index is 0.586. The predicted octanol–water partition coefficient (Wildman–Crippen LogP) is 2.01. The van der Waals surface area contributed by atoms with Crippen molar-refractivity contribution in [2.75, 3.05) is 0 Å². The average molecular weight is 202 g/mol.